The third-order valence-corrected chi connectivity index (χ3v) is 7.39. The van der Waals surface area contributed by atoms with Gasteiger partial charge in [-0.05, 0) is 49.1 Å². The second kappa shape index (κ2) is 8.26. The first-order chi connectivity index (χ1) is 14.0. The van der Waals surface area contributed by atoms with E-state index in [9.17, 15) is 13.2 Å². The van der Waals surface area contributed by atoms with Crippen LogP contribution in [0.25, 0.3) is 0 Å². The lowest BCUT2D eigenvalue weighted by atomic mass is 9.74. The zero-order valence-corrected chi connectivity index (χ0v) is 17.2. The van der Waals surface area contributed by atoms with Gasteiger partial charge in [-0.3, -0.25) is 4.79 Å². The topological polar surface area (TPSA) is 75.7 Å². The maximum atomic E-state index is 12.9. The van der Waals surface area contributed by atoms with Crippen molar-refractivity contribution in [3.63, 3.8) is 0 Å². The molecule has 0 radical (unpaired) electrons. The number of ether oxygens (including phenoxy) is 1. The Hall–Kier alpha value is -2.22. The van der Waals surface area contributed by atoms with Crippen LogP contribution < -0.4 is 9.62 Å². The summed E-state index contributed by atoms with van der Waals surface area (Å²) in [6.45, 7) is 2.25. The number of nitrogens with one attached hydrogen (secondary N) is 1. The molecule has 1 N–H and O–H groups in total. The molecule has 0 saturated carbocycles. The molecule has 0 unspecified atom stereocenters. The second-order valence-electron chi connectivity index (χ2n) is 7.73. The van der Waals surface area contributed by atoms with Gasteiger partial charge in [0.1, 0.15) is 0 Å². The normalized spacial score (nSPS) is 19.4. The van der Waals surface area contributed by atoms with E-state index in [1.807, 2.05) is 18.2 Å². The molecule has 2 fully saturated rings. The van der Waals surface area contributed by atoms with Crippen LogP contribution in [0.15, 0.2) is 59.5 Å². The number of hydrogen-bond acceptors (Lipinski definition) is 4. The number of carbonyl (C=O) groups excluding carboxylic acids is 1. The van der Waals surface area contributed by atoms with E-state index < -0.39 is 10.0 Å². The first-order valence-electron chi connectivity index (χ1n) is 10.0. The predicted molar refractivity (Wildman–Crippen MR) is 111 cm³/mol. The summed E-state index contributed by atoms with van der Waals surface area (Å²) in [7, 11) is -3.65. The van der Waals surface area contributed by atoms with E-state index in [0.29, 0.717) is 32.7 Å². The van der Waals surface area contributed by atoms with Crippen molar-refractivity contribution in [2.24, 2.45) is 0 Å². The molecule has 0 aliphatic carbocycles. The lowest BCUT2D eigenvalue weighted by Crippen LogP contribution is -2.44. The summed E-state index contributed by atoms with van der Waals surface area (Å²) in [5.41, 5.74) is 1.61. The van der Waals surface area contributed by atoms with Crippen LogP contribution in [-0.4, -0.2) is 40.6 Å². The Morgan fingerprint density at radius 1 is 1.00 bits per heavy atom. The Labute approximate surface area is 171 Å². The van der Waals surface area contributed by atoms with Gasteiger partial charge in [0.25, 0.3) is 0 Å². The second-order valence-corrected chi connectivity index (χ2v) is 9.49. The van der Waals surface area contributed by atoms with Gasteiger partial charge in [-0.15, -0.1) is 0 Å². The highest BCUT2D eigenvalue weighted by atomic mass is 32.2. The molecule has 0 atom stereocenters. The molecular weight excluding hydrogens is 388 g/mol. The number of carbonyl (C=O) groups is 1. The van der Waals surface area contributed by atoms with Crippen LogP contribution in [0.1, 0.15) is 31.2 Å². The molecule has 4 rings (SSSR count). The minimum atomic E-state index is -3.65. The maximum absolute atomic E-state index is 12.9. The molecule has 0 aromatic heterocycles. The van der Waals surface area contributed by atoms with E-state index in [2.05, 4.69) is 16.9 Å². The fourth-order valence-electron chi connectivity index (χ4n) is 4.16. The van der Waals surface area contributed by atoms with Crippen molar-refractivity contribution < 1.29 is 17.9 Å². The number of anilines is 1. The molecule has 29 heavy (non-hydrogen) atoms. The van der Waals surface area contributed by atoms with E-state index >= 15 is 0 Å². The smallest absolute Gasteiger partial charge is 0.240 e. The van der Waals surface area contributed by atoms with E-state index in [0.717, 1.165) is 30.5 Å². The highest BCUT2D eigenvalue weighted by molar-refractivity contribution is 7.89. The predicted octanol–water partition coefficient (Wildman–Crippen LogP) is 2.84. The summed E-state index contributed by atoms with van der Waals surface area (Å²) < 4.78 is 34.2. The zero-order chi connectivity index (χ0) is 20.3. The molecule has 2 aliphatic heterocycles. The van der Waals surface area contributed by atoms with Crippen molar-refractivity contribution in [3.05, 3.63) is 60.2 Å². The standard InChI is InChI=1S/C22H26N2O4S/c25-21-7-4-14-24(21)19-8-10-20(11-9-19)29(26,27)23-17-22(12-15-28-16-13-22)18-5-2-1-3-6-18/h1-3,5-6,8-11,23H,4,7,12-17H2. The van der Waals surface area contributed by atoms with Crippen molar-refractivity contribution in [2.75, 3.05) is 31.2 Å². The summed E-state index contributed by atoms with van der Waals surface area (Å²) in [5.74, 6) is 0.0862. The van der Waals surface area contributed by atoms with Crippen molar-refractivity contribution in [2.45, 2.75) is 36.0 Å². The van der Waals surface area contributed by atoms with Crippen molar-refractivity contribution >= 4 is 21.6 Å². The molecule has 6 nitrogen and oxygen atoms in total. The van der Waals surface area contributed by atoms with Gasteiger partial charge in [0, 0.05) is 43.8 Å². The molecule has 2 heterocycles. The van der Waals surface area contributed by atoms with Crippen LogP contribution >= 0.6 is 0 Å². The van der Waals surface area contributed by atoms with E-state index in [1.54, 1.807) is 29.2 Å². The SMILES string of the molecule is O=C1CCCN1c1ccc(S(=O)(=O)NCC2(c3ccccc3)CCOCC2)cc1. The number of amides is 1. The molecule has 154 valence electrons. The summed E-state index contributed by atoms with van der Waals surface area (Å²) in [6, 6.07) is 16.6. The Morgan fingerprint density at radius 3 is 2.31 bits per heavy atom. The van der Waals surface area contributed by atoms with Crippen LogP contribution in [0.4, 0.5) is 5.69 Å². The van der Waals surface area contributed by atoms with Crippen molar-refractivity contribution in [1.82, 2.24) is 4.72 Å². The average Bonchev–Trinajstić information content (AvgIpc) is 3.20. The number of nitrogens with zero attached hydrogens (tertiary/aromatic N) is 1. The lowest BCUT2D eigenvalue weighted by molar-refractivity contribution is -0.117. The molecule has 7 heteroatoms. The van der Waals surface area contributed by atoms with Crippen LogP contribution in [0.5, 0.6) is 0 Å². The number of hydrogen-bond donors (Lipinski definition) is 1. The first-order valence-corrected chi connectivity index (χ1v) is 11.5. The highest BCUT2D eigenvalue weighted by Crippen LogP contribution is 2.34. The lowest BCUT2D eigenvalue weighted by Gasteiger charge is -2.37. The first kappa shape index (κ1) is 20.1. The van der Waals surface area contributed by atoms with Crippen LogP contribution in [0.2, 0.25) is 0 Å². The van der Waals surface area contributed by atoms with Crippen LogP contribution in [0, 0.1) is 0 Å². The molecule has 2 aromatic carbocycles. The van der Waals surface area contributed by atoms with Gasteiger partial charge in [-0.25, -0.2) is 13.1 Å². The fraction of sp³-hybridized carbons (Fsp3) is 0.409. The third-order valence-electron chi connectivity index (χ3n) is 5.97. The maximum Gasteiger partial charge on any atom is 0.240 e. The third kappa shape index (κ3) is 4.22. The highest BCUT2D eigenvalue weighted by Gasteiger charge is 2.35. The molecule has 2 aliphatic rings. The molecule has 1 amide bonds. The van der Waals surface area contributed by atoms with Crippen LogP contribution in [0.3, 0.4) is 0 Å². The van der Waals surface area contributed by atoms with Crippen molar-refractivity contribution in [3.8, 4) is 0 Å². The van der Waals surface area contributed by atoms with Gasteiger partial charge in [0.15, 0.2) is 0 Å². The largest absolute Gasteiger partial charge is 0.381 e. The Morgan fingerprint density at radius 2 is 1.69 bits per heavy atom. The van der Waals surface area contributed by atoms with E-state index in [1.165, 1.54) is 0 Å². The minimum absolute atomic E-state index is 0.0862. The molecule has 0 bridgehead atoms. The van der Waals surface area contributed by atoms with Gasteiger partial charge in [0.05, 0.1) is 4.90 Å². The molecule has 2 aromatic rings. The molecule has 2 saturated heterocycles. The quantitative estimate of drug-likeness (QED) is 0.789. The van der Waals surface area contributed by atoms with Gasteiger partial charge in [-0.1, -0.05) is 30.3 Å². The Bertz CT molecular complexity index is 952. The number of benzene rings is 2. The zero-order valence-electron chi connectivity index (χ0n) is 16.3. The van der Waals surface area contributed by atoms with Crippen molar-refractivity contribution in [1.29, 1.82) is 0 Å². The molecular formula is C22H26N2O4S. The summed E-state index contributed by atoms with van der Waals surface area (Å²) in [5, 5.41) is 0. The van der Waals surface area contributed by atoms with Gasteiger partial charge in [-0.2, -0.15) is 0 Å². The Balaban J connectivity index is 1.51. The Kier molecular flexibility index (Phi) is 5.72. The summed E-state index contributed by atoms with van der Waals surface area (Å²) >= 11 is 0. The van der Waals surface area contributed by atoms with Gasteiger partial charge < -0.3 is 9.64 Å². The van der Waals surface area contributed by atoms with Crippen LogP contribution in [-0.2, 0) is 25.0 Å². The fourth-order valence-corrected chi connectivity index (χ4v) is 5.29. The van der Waals surface area contributed by atoms with E-state index in [4.69, 9.17) is 4.74 Å². The number of rotatable bonds is 6. The number of sulfonamides is 1. The summed E-state index contributed by atoms with van der Waals surface area (Å²) in [6.07, 6.45) is 2.93. The van der Waals surface area contributed by atoms with Gasteiger partial charge in [0.2, 0.25) is 15.9 Å². The average molecular weight is 415 g/mol. The summed E-state index contributed by atoms with van der Waals surface area (Å²) in [4.78, 5) is 13.8. The van der Waals surface area contributed by atoms with Gasteiger partial charge >= 0.3 is 0 Å². The monoisotopic (exact) mass is 414 g/mol. The molecule has 0 spiro atoms. The minimum Gasteiger partial charge on any atom is -0.381 e. The van der Waals surface area contributed by atoms with E-state index in [-0.39, 0.29) is 16.2 Å².